The number of aryl methyl sites for hydroxylation is 2. The molecule has 6 heteroatoms. The van der Waals surface area contributed by atoms with Crippen molar-refractivity contribution in [3.8, 4) is 11.1 Å². The lowest BCUT2D eigenvalue weighted by Gasteiger charge is -2.23. The van der Waals surface area contributed by atoms with E-state index >= 15 is 0 Å². The number of hydrogen-bond acceptors (Lipinski definition) is 3. The standard InChI is InChI=1S/C21H22N4O2/c1-14-17(16-5-3-2-4-6-16)12-18(21(27)24-14)20(26)23-13-15-7-9-25-10-8-22-19(25)11-15/h2-6,8,10,12,15H,7,9,11,13H2,1H3,(H,23,26)(H,24,27). The number of nitrogens with one attached hydrogen (secondary N) is 2. The first kappa shape index (κ1) is 17.3. The summed E-state index contributed by atoms with van der Waals surface area (Å²) >= 11 is 0. The number of aromatic nitrogens is 3. The molecule has 1 amide bonds. The van der Waals surface area contributed by atoms with Crippen LogP contribution < -0.4 is 10.9 Å². The van der Waals surface area contributed by atoms with Gasteiger partial charge in [-0.3, -0.25) is 9.59 Å². The van der Waals surface area contributed by atoms with Crippen LogP contribution in [-0.2, 0) is 13.0 Å². The fraction of sp³-hybridized carbons (Fsp3) is 0.286. The number of hydrogen-bond donors (Lipinski definition) is 2. The summed E-state index contributed by atoms with van der Waals surface area (Å²) in [5, 5.41) is 2.93. The Bertz CT molecular complexity index is 1020. The number of amides is 1. The quantitative estimate of drug-likeness (QED) is 0.748. The maximum absolute atomic E-state index is 12.6. The highest BCUT2D eigenvalue weighted by Crippen LogP contribution is 2.22. The summed E-state index contributed by atoms with van der Waals surface area (Å²) in [6, 6.07) is 11.4. The summed E-state index contributed by atoms with van der Waals surface area (Å²) in [6.45, 7) is 3.30. The number of rotatable bonds is 4. The number of aromatic amines is 1. The van der Waals surface area contributed by atoms with E-state index < -0.39 is 0 Å². The maximum Gasteiger partial charge on any atom is 0.261 e. The Morgan fingerprint density at radius 1 is 1.33 bits per heavy atom. The molecule has 1 aliphatic heterocycles. The van der Waals surface area contributed by atoms with E-state index in [0.717, 1.165) is 42.0 Å². The van der Waals surface area contributed by atoms with Crippen LogP contribution in [0.2, 0.25) is 0 Å². The van der Waals surface area contributed by atoms with Gasteiger partial charge in [0.25, 0.3) is 11.5 Å². The Morgan fingerprint density at radius 2 is 2.15 bits per heavy atom. The maximum atomic E-state index is 12.6. The highest BCUT2D eigenvalue weighted by atomic mass is 16.2. The average Bonchev–Trinajstić information content (AvgIpc) is 3.15. The summed E-state index contributed by atoms with van der Waals surface area (Å²) in [6.07, 6.45) is 5.63. The van der Waals surface area contributed by atoms with Crippen LogP contribution in [0.15, 0.2) is 53.6 Å². The van der Waals surface area contributed by atoms with Crippen LogP contribution in [0.5, 0.6) is 0 Å². The van der Waals surface area contributed by atoms with Crippen LogP contribution >= 0.6 is 0 Å². The first-order valence-electron chi connectivity index (χ1n) is 9.19. The molecule has 1 aliphatic rings. The van der Waals surface area contributed by atoms with Crippen LogP contribution in [0.3, 0.4) is 0 Å². The molecular formula is C21H22N4O2. The van der Waals surface area contributed by atoms with Gasteiger partial charge >= 0.3 is 0 Å². The van der Waals surface area contributed by atoms with Crippen LogP contribution in [0.25, 0.3) is 11.1 Å². The number of H-pyrrole nitrogens is 1. The summed E-state index contributed by atoms with van der Waals surface area (Å²) in [4.78, 5) is 32.1. The third-order valence-electron chi connectivity index (χ3n) is 5.17. The molecule has 0 aliphatic carbocycles. The molecule has 2 aromatic heterocycles. The molecule has 0 radical (unpaired) electrons. The molecule has 1 unspecified atom stereocenters. The Kier molecular flexibility index (Phi) is 4.62. The SMILES string of the molecule is Cc1[nH]c(=O)c(C(=O)NCC2CCn3ccnc3C2)cc1-c1ccccc1. The van der Waals surface area contributed by atoms with Crippen molar-refractivity contribution in [1.82, 2.24) is 19.9 Å². The van der Waals surface area contributed by atoms with Crippen LogP contribution in [-0.4, -0.2) is 27.0 Å². The molecule has 6 nitrogen and oxygen atoms in total. The van der Waals surface area contributed by atoms with E-state index in [2.05, 4.69) is 19.9 Å². The average molecular weight is 362 g/mol. The predicted octanol–water partition coefficient (Wildman–Crippen LogP) is 2.54. The summed E-state index contributed by atoms with van der Waals surface area (Å²) in [7, 11) is 0. The summed E-state index contributed by atoms with van der Waals surface area (Å²) in [5.41, 5.74) is 2.38. The Morgan fingerprint density at radius 3 is 2.96 bits per heavy atom. The Balaban J connectivity index is 1.50. The fourth-order valence-corrected chi connectivity index (χ4v) is 3.63. The zero-order valence-corrected chi connectivity index (χ0v) is 15.2. The second-order valence-electron chi connectivity index (χ2n) is 7.02. The van der Waals surface area contributed by atoms with Crippen molar-refractivity contribution < 1.29 is 4.79 Å². The zero-order chi connectivity index (χ0) is 18.8. The molecule has 1 aromatic carbocycles. The monoisotopic (exact) mass is 362 g/mol. The van der Waals surface area contributed by atoms with Crippen molar-refractivity contribution in [3.63, 3.8) is 0 Å². The number of pyridine rings is 1. The van der Waals surface area contributed by atoms with Crippen molar-refractivity contribution in [3.05, 3.63) is 76.2 Å². The Hall–Kier alpha value is -3.15. The molecule has 2 N–H and O–H groups in total. The smallest absolute Gasteiger partial charge is 0.261 e. The third kappa shape index (κ3) is 3.56. The molecule has 138 valence electrons. The van der Waals surface area contributed by atoms with Crippen LogP contribution in [0.4, 0.5) is 0 Å². The van der Waals surface area contributed by atoms with E-state index in [0.29, 0.717) is 12.5 Å². The molecule has 27 heavy (non-hydrogen) atoms. The number of carbonyl (C=O) groups excluding carboxylic acids is 1. The topological polar surface area (TPSA) is 79.8 Å². The van der Waals surface area contributed by atoms with E-state index in [1.807, 2.05) is 49.6 Å². The van der Waals surface area contributed by atoms with Gasteiger partial charge in [0.15, 0.2) is 0 Å². The molecule has 3 heterocycles. The summed E-state index contributed by atoms with van der Waals surface area (Å²) in [5.74, 6) is 1.06. The highest BCUT2D eigenvalue weighted by Gasteiger charge is 2.21. The van der Waals surface area contributed by atoms with Gasteiger partial charge in [-0.1, -0.05) is 30.3 Å². The lowest BCUT2D eigenvalue weighted by Crippen LogP contribution is -2.35. The molecule has 4 rings (SSSR count). The molecule has 0 saturated carbocycles. The van der Waals surface area contributed by atoms with E-state index in [1.54, 1.807) is 6.07 Å². The molecule has 1 atom stereocenters. The number of carbonyl (C=O) groups is 1. The minimum atomic E-state index is -0.358. The van der Waals surface area contributed by atoms with Gasteiger partial charge in [0.05, 0.1) is 0 Å². The van der Waals surface area contributed by atoms with Crippen molar-refractivity contribution in [1.29, 1.82) is 0 Å². The minimum Gasteiger partial charge on any atom is -0.352 e. The first-order valence-corrected chi connectivity index (χ1v) is 9.19. The largest absolute Gasteiger partial charge is 0.352 e. The van der Waals surface area contributed by atoms with Gasteiger partial charge in [0.2, 0.25) is 0 Å². The van der Waals surface area contributed by atoms with E-state index in [9.17, 15) is 9.59 Å². The van der Waals surface area contributed by atoms with Crippen molar-refractivity contribution in [2.75, 3.05) is 6.54 Å². The molecule has 0 fully saturated rings. The number of nitrogens with zero attached hydrogens (tertiary/aromatic N) is 2. The van der Waals surface area contributed by atoms with Crippen LogP contribution in [0, 0.1) is 12.8 Å². The second-order valence-corrected chi connectivity index (χ2v) is 7.02. The number of benzene rings is 1. The van der Waals surface area contributed by atoms with Gasteiger partial charge in [-0.2, -0.15) is 0 Å². The highest BCUT2D eigenvalue weighted by molar-refractivity contribution is 5.95. The molecule has 0 bridgehead atoms. The fourth-order valence-electron chi connectivity index (χ4n) is 3.63. The van der Waals surface area contributed by atoms with Crippen molar-refractivity contribution in [2.24, 2.45) is 5.92 Å². The van der Waals surface area contributed by atoms with Gasteiger partial charge in [0.1, 0.15) is 11.4 Å². The van der Waals surface area contributed by atoms with Gasteiger partial charge in [-0.15, -0.1) is 0 Å². The minimum absolute atomic E-state index is 0.150. The third-order valence-corrected chi connectivity index (χ3v) is 5.17. The normalized spacial score (nSPS) is 16.0. The molecule has 0 saturated heterocycles. The summed E-state index contributed by atoms with van der Waals surface area (Å²) < 4.78 is 2.15. The van der Waals surface area contributed by atoms with E-state index in [1.165, 1.54) is 0 Å². The van der Waals surface area contributed by atoms with Crippen LogP contribution in [0.1, 0.15) is 28.3 Å². The number of fused-ring (bicyclic) bond motifs is 1. The van der Waals surface area contributed by atoms with Gasteiger partial charge in [-0.05, 0) is 30.9 Å². The lowest BCUT2D eigenvalue weighted by atomic mass is 9.97. The van der Waals surface area contributed by atoms with Crippen molar-refractivity contribution in [2.45, 2.75) is 26.3 Å². The zero-order valence-electron chi connectivity index (χ0n) is 15.2. The van der Waals surface area contributed by atoms with Gasteiger partial charge < -0.3 is 14.9 Å². The van der Waals surface area contributed by atoms with Crippen molar-refractivity contribution >= 4 is 5.91 Å². The Labute approximate surface area is 157 Å². The van der Waals surface area contributed by atoms with Gasteiger partial charge in [-0.25, -0.2) is 4.98 Å². The molecule has 0 spiro atoms. The molecular weight excluding hydrogens is 340 g/mol. The molecule has 3 aromatic rings. The number of imidazole rings is 1. The predicted molar refractivity (Wildman–Crippen MR) is 104 cm³/mol. The second kappa shape index (κ2) is 7.23. The van der Waals surface area contributed by atoms with E-state index in [-0.39, 0.29) is 17.0 Å². The van der Waals surface area contributed by atoms with Gasteiger partial charge in [0, 0.05) is 43.2 Å². The first-order chi connectivity index (χ1) is 13.1. The van der Waals surface area contributed by atoms with E-state index in [4.69, 9.17) is 0 Å². The lowest BCUT2D eigenvalue weighted by molar-refractivity contribution is 0.0943.